The van der Waals surface area contributed by atoms with Gasteiger partial charge in [-0.05, 0) is 61.7 Å². The van der Waals surface area contributed by atoms with E-state index >= 15 is 0 Å². The molecule has 0 aliphatic carbocycles. The Morgan fingerprint density at radius 2 is 2.00 bits per heavy atom. The predicted molar refractivity (Wildman–Crippen MR) is 139 cm³/mol. The largest absolute Gasteiger partial charge is 0.494 e. The van der Waals surface area contributed by atoms with Crippen LogP contribution in [0.15, 0.2) is 71.3 Å². The lowest BCUT2D eigenvalue weighted by Crippen LogP contribution is -2.46. The molecule has 2 aromatic carbocycles. The quantitative estimate of drug-likeness (QED) is 0.324. The number of carbonyl (C=O) groups excluding carboxylic acids is 2. The second-order valence-corrected chi connectivity index (χ2v) is 9.12. The number of carbonyl (C=O) groups is 2. The summed E-state index contributed by atoms with van der Waals surface area (Å²) in [6, 6.07) is 17.3. The maximum absolute atomic E-state index is 13.9. The van der Waals surface area contributed by atoms with E-state index in [4.69, 9.17) is 13.9 Å². The molecule has 4 aromatic rings. The minimum absolute atomic E-state index is 0.0318. The van der Waals surface area contributed by atoms with Crippen LogP contribution in [0.4, 0.5) is 0 Å². The summed E-state index contributed by atoms with van der Waals surface area (Å²) in [5, 5.41) is 11.3. The van der Waals surface area contributed by atoms with Gasteiger partial charge in [-0.1, -0.05) is 29.5 Å². The lowest BCUT2D eigenvalue weighted by atomic mass is 10.0. The van der Waals surface area contributed by atoms with E-state index in [0.29, 0.717) is 42.3 Å². The summed E-state index contributed by atoms with van der Waals surface area (Å²) in [5.41, 5.74) is 2.08. The topological polar surface area (TPSA) is 112 Å². The maximum atomic E-state index is 13.9. The van der Waals surface area contributed by atoms with Crippen molar-refractivity contribution in [2.45, 2.75) is 45.0 Å². The monoisotopic (exact) mass is 517 g/mol. The lowest BCUT2D eigenvalue weighted by Gasteiger charge is -2.31. The third kappa shape index (κ3) is 5.86. The lowest BCUT2D eigenvalue weighted by molar-refractivity contribution is -0.142. The molecular formula is C28H31N5O5. The zero-order chi connectivity index (χ0) is 26.3. The molecule has 198 valence electrons. The predicted octanol–water partition coefficient (Wildman–Crippen LogP) is 3.49. The highest BCUT2D eigenvalue weighted by atomic mass is 16.5. The molecule has 2 aromatic heterocycles. The first kappa shape index (κ1) is 25.5. The molecule has 0 saturated carbocycles. The molecule has 1 saturated heterocycles. The molecule has 2 amide bonds. The van der Waals surface area contributed by atoms with Crippen molar-refractivity contribution in [1.29, 1.82) is 0 Å². The molecule has 3 heterocycles. The van der Waals surface area contributed by atoms with Crippen molar-refractivity contribution >= 4 is 22.8 Å². The van der Waals surface area contributed by atoms with Crippen LogP contribution in [0.2, 0.25) is 0 Å². The Morgan fingerprint density at radius 3 is 2.74 bits per heavy atom. The van der Waals surface area contributed by atoms with Gasteiger partial charge in [-0.2, -0.15) is 0 Å². The number of ether oxygens (including phenoxy) is 2. The fourth-order valence-electron chi connectivity index (χ4n) is 4.65. The number of nitrogens with one attached hydrogen (secondary N) is 1. The number of fused-ring (bicyclic) bond motifs is 1. The normalized spacial score (nSPS) is 15.9. The maximum Gasteiger partial charge on any atom is 0.247 e. The first-order chi connectivity index (χ1) is 18.6. The summed E-state index contributed by atoms with van der Waals surface area (Å²) in [7, 11) is 0. The molecule has 2 atom stereocenters. The number of amides is 2. The molecule has 0 bridgehead atoms. The Hall–Kier alpha value is -4.18. The van der Waals surface area contributed by atoms with E-state index in [1.165, 1.54) is 4.90 Å². The average Bonchev–Trinajstić information content (AvgIpc) is 3.71. The minimum atomic E-state index is -0.917. The summed E-state index contributed by atoms with van der Waals surface area (Å²) >= 11 is 0. The van der Waals surface area contributed by atoms with Crippen LogP contribution < -0.4 is 10.1 Å². The van der Waals surface area contributed by atoms with Gasteiger partial charge in [0, 0.05) is 13.2 Å². The summed E-state index contributed by atoms with van der Waals surface area (Å²) in [5.74, 6) is 0.647. The third-order valence-electron chi connectivity index (χ3n) is 6.53. The van der Waals surface area contributed by atoms with Gasteiger partial charge < -0.3 is 24.1 Å². The first-order valence-electron chi connectivity index (χ1n) is 12.8. The Morgan fingerprint density at radius 1 is 1.16 bits per heavy atom. The van der Waals surface area contributed by atoms with Gasteiger partial charge in [-0.3, -0.25) is 9.59 Å². The molecular weight excluding hydrogens is 486 g/mol. The van der Waals surface area contributed by atoms with Crippen molar-refractivity contribution in [3.8, 4) is 5.75 Å². The average molecular weight is 518 g/mol. The van der Waals surface area contributed by atoms with Gasteiger partial charge in [0.05, 0.1) is 31.0 Å². The molecule has 1 aliphatic heterocycles. The number of hydrogen-bond donors (Lipinski definition) is 1. The number of benzene rings is 2. The van der Waals surface area contributed by atoms with Crippen LogP contribution in [-0.4, -0.2) is 57.6 Å². The number of nitrogens with zero attached hydrogens (tertiary/aromatic N) is 4. The van der Waals surface area contributed by atoms with Crippen molar-refractivity contribution in [1.82, 2.24) is 25.2 Å². The van der Waals surface area contributed by atoms with Crippen LogP contribution in [0, 0.1) is 0 Å². The standard InChI is InChI=1S/C28H31N5O5/c1-2-36-21-13-11-20(12-14-21)27(28(35)29-17-22-7-5-15-37-22)32(18-23-8-6-16-38-23)26(34)19-33-25-10-4-3-9-24(25)30-31-33/h3-4,6,8-14,16,22,27H,2,5,7,15,17-19H2,1H3,(H,29,35)/t22-,27-/m0/s1. The smallest absolute Gasteiger partial charge is 0.247 e. The minimum Gasteiger partial charge on any atom is -0.494 e. The van der Waals surface area contributed by atoms with Gasteiger partial charge in [-0.25, -0.2) is 4.68 Å². The fourth-order valence-corrected chi connectivity index (χ4v) is 4.65. The Labute approximate surface area is 220 Å². The van der Waals surface area contributed by atoms with Crippen LogP contribution in [0.3, 0.4) is 0 Å². The Kier molecular flexibility index (Phi) is 7.98. The van der Waals surface area contributed by atoms with Crippen molar-refractivity contribution in [3.05, 3.63) is 78.3 Å². The van der Waals surface area contributed by atoms with Gasteiger partial charge in [-0.15, -0.1) is 5.10 Å². The van der Waals surface area contributed by atoms with Crippen LogP contribution >= 0.6 is 0 Å². The molecule has 10 nitrogen and oxygen atoms in total. The number of aromatic nitrogens is 3. The second kappa shape index (κ2) is 11.9. The van der Waals surface area contributed by atoms with Gasteiger partial charge in [0.1, 0.15) is 29.6 Å². The van der Waals surface area contributed by atoms with Gasteiger partial charge in [0.25, 0.3) is 0 Å². The van der Waals surface area contributed by atoms with E-state index < -0.39 is 6.04 Å². The van der Waals surface area contributed by atoms with Crippen molar-refractivity contribution in [2.24, 2.45) is 0 Å². The number of hydrogen-bond acceptors (Lipinski definition) is 7. The van der Waals surface area contributed by atoms with E-state index in [2.05, 4.69) is 15.6 Å². The van der Waals surface area contributed by atoms with Crippen LogP contribution in [0.1, 0.15) is 37.1 Å². The van der Waals surface area contributed by atoms with E-state index in [-0.39, 0.29) is 31.0 Å². The Bertz CT molecular complexity index is 1350. The second-order valence-electron chi connectivity index (χ2n) is 9.12. The summed E-state index contributed by atoms with van der Waals surface area (Å²) in [6.45, 7) is 3.52. The van der Waals surface area contributed by atoms with Crippen LogP contribution in [-0.2, 0) is 27.4 Å². The molecule has 10 heteroatoms. The van der Waals surface area contributed by atoms with Gasteiger partial charge >= 0.3 is 0 Å². The highest BCUT2D eigenvalue weighted by Crippen LogP contribution is 2.27. The molecule has 0 radical (unpaired) electrons. The zero-order valence-corrected chi connectivity index (χ0v) is 21.3. The van der Waals surface area contributed by atoms with Crippen molar-refractivity contribution < 1.29 is 23.5 Å². The van der Waals surface area contributed by atoms with Gasteiger partial charge in [0.2, 0.25) is 11.8 Å². The van der Waals surface area contributed by atoms with Gasteiger partial charge in [0.15, 0.2) is 0 Å². The van der Waals surface area contributed by atoms with Crippen molar-refractivity contribution in [3.63, 3.8) is 0 Å². The molecule has 1 N–H and O–H groups in total. The number of furan rings is 1. The fraction of sp³-hybridized carbons (Fsp3) is 0.357. The highest BCUT2D eigenvalue weighted by molar-refractivity contribution is 5.89. The molecule has 0 spiro atoms. The summed E-state index contributed by atoms with van der Waals surface area (Å²) in [6.07, 6.45) is 3.38. The molecule has 1 fully saturated rings. The van der Waals surface area contributed by atoms with E-state index in [9.17, 15) is 9.59 Å². The molecule has 5 rings (SSSR count). The number of rotatable bonds is 11. The SMILES string of the molecule is CCOc1ccc([C@@H](C(=O)NC[C@@H]2CCCO2)N(Cc2ccco2)C(=O)Cn2nnc3ccccc32)cc1. The third-order valence-corrected chi connectivity index (χ3v) is 6.53. The zero-order valence-electron chi connectivity index (χ0n) is 21.3. The molecule has 38 heavy (non-hydrogen) atoms. The van der Waals surface area contributed by atoms with E-state index in [1.807, 2.05) is 43.3 Å². The summed E-state index contributed by atoms with van der Waals surface area (Å²) in [4.78, 5) is 29.2. The van der Waals surface area contributed by atoms with E-state index in [1.54, 1.807) is 35.2 Å². The molecule has 1 aliphatic rings. The van der Waals surface area contributed by atoms with E-state index in [0.717, 1.165) is 18.4 Å². The van der Waals surface area contributed by atoms with Crippen LogP contribution in [0.25, 0.3) is 11.0 Å². The van der Waals surface area contributed by atoms with Crippen molar-refractivity contribution in [2.75, 3.05) is 19.8 Å². The summed E-state index contributed by atoms with van der Waals surface area (Å²) < 4.78 is 18.4. The highest BCUT2D eigenvalue weighted by Gasteiger charge is 2.33. The molecule has 0 unspecified atom stereocenters. The van der Waals surface area contributed by atoms with Crippen LogP contribution in [0.5, 0.6) is 5.75 Å². The first-order valence-corrected chi connectivity index (χ1v) is 12.8. The number of para-hydroxylation sites is 1. The Balaban J connectivity index is 1.47.